The monoisotopic (exact) mass is 442 g/mol. The van der Waals surface area contributed by atoms with E-state index in [1.165, 1.54) is 35.6 Å². The Morgan fingerprint density at radius 2 is 1.57 bits per heavy atom. The van der Waals surface area contributed by atoms with Crippen molar-refractivity contribution in [3.05, 3.63) is 94.5 Å². The largest absolute Gasteiger partial charge is 0.337 e. The molecule has 0 heterocycles. The Morgan fingerprint density at radius 3 is 2.17 bits per heavy atom. The summed E-state index contributed by atoms with van der Waals surface area (Å²) in [6.45, 7) is 2.51. The fraction of sp³-hybridized carbons (Fsp3) is 0.174. The molecule has 0 bridgehead atoms. The third-order valence-corrected chi connectivity index (χ3v) is 6.85. The van der Waals surface area contributed by atoms with Crippen molar-refractivity contribution < 1.29 is 13.2 Å². The van der Waals surface area contributed by atoms with Gasteiger partial charge in [-0.25, -0.2) is 8.42 Å². The van der Waals surface area contributed by atoms with E-state index in [1.807, 2.05) is 31.2 Å². The maximum absolute atomic E-state index is 12.8. The molecule has 7 heteroatoms. The third-order valence-electron chi connectivity index (χ3n) is 4.80. The molecule has 0 aromatic heterocycles. The summed E-state index contributed by atoms with van der Waals surface area (Å²) in [6, 6.07) is 20.5. The molecule has 0 saturated carbocycles. The number of sulfonamides is 1. The van der Waals surface area contributed by atoms with Crippen LogP contribution in [0.5, 0.6) is 0 Å². The van der Waals surface area contributed by atoms with Gasteiger partial charge in [-0.2, -0.15) is 0 Å². The quantitative estimate of drug-likeness (QED) is 0.553. The standard InChI is InChI=1S/C23H23ClN2O3S/c1-17-5-4-6-18(15-17)16-25(2)23(27)19-7-11-21(12-8-19)26(3)30(28,29)22-13-9-20(24)10-14-22/h4-15H,16H2,1-3H3. The summed E-state index contributed by atoms with van der Waals surface area (Å²) in [7, 11) is -0.501. The Morgan fingerprint density at radius 1 is 0.933 bits per heavy atom. The lowest BCUT2D eigenvalue weighted by molar-refractivity contribution is 0.0785. The van der Waals surface area contributed by atoms with Gasteiger partial charge in [0.25, 0.3) is 15.9 Å². The molecule has 3 rings (SSSR count). The van der Waals surface area contributed by atoms with Crippen molar-refractivity contribution >= 4 is 33.2 Å². The highest BCUT2D eigenvalue weighted by atomic mass is 35.5. The van der Waals surface area contributed by atoms with Crippen LogP contribution in [0, 0.1) is 6.92 Å². The van der Waals surface area contributed by atoms with Crippen molar-refractivity contribution in [1.82, 2.24) is 4.90 Å². The minimum Gasteiger partial charge on any atom is -0.337 e. The SMILES string of the molecule is Cc1cccc(CN(C)C(=O)c2ccc(N(C)S(=O)(=O)c3ccc(Cl)cc3)cc2)c1. The van der Waals surface area contributed by atoms with Gasteiger partial charge in [0.05, 0.1) is 10.6 Å². The van der Waals surface area contributed by atoms with Crippen molar-refractivity contribution in [3.63, 3.8) is 0 Å². The Balaban J connectivity index is 1.75. The summed E-state index contributed by atoms with van der Waals surface area (Å²) >= 11 is 5.85. The third kappa shape index (κ3) is 4.83. The molecule has 0 aliphatic heterocycles. The molecular weight excluding hydrogens is 420 g/mol. The molecule has 0 atom stereocenters. The highest BCUT2D eigenvalue weighted by molar-refractivity contribution is 7.92. The number of rotatable bonds is 6. The Labute approximate surface area is 182 Å². The first-order valence-corrected chi connectivity index (χ1v) is 11.2. The molecule has 0 unspecified atom stereocenters. The number of amides is 1. The molecule has 0 saturated heterocycles. The normalized spacial score (nSPS) is 11.2. The van der Waals surface area contributed by atoms with Crippen molar-refractivity contribution in [3.8, 4) is 0 Å². The maximum atomic E-state index is 12.8. The summed E-state index contributed by atoms with van der Waals surface area (Å²) in [5.74, 6) is -0.133. The maximum Gasteiger partial charge on any atom is 0.264 e. The highest BCUT2D eigenvalue weighted by Crippen LogP contribution is 2.24. The van der Waals surface area contributed by atoms with Crippen LogP contribution in [0.25, 0.3) is 0 Å². The van der Waals surface area contributed by atoms with Crippen molar-refractivity contribution in [2.75, 3.05) is 18.4 Å². The lowest BCUT2D eigenvalue weighted by Gasteiger charge is -2.21. The predicted octanol–water partition coefficient (Wildman–Crippen LogP) is 4.75. The van der Waals surface area contributed by atoms with Crippen molar-refractivity contribution in [1.29, 1.82) is 0 Å². The number of halogens is 1. The van der Waals surface area contributed by atoms with Gasteiger partial charge < -0.3 is 4.90 Å². The van der Waals surface area contributed by atoms with Crippen LogP contribution in [0.15, 0.2) is 77.7 Å². The first kappa shape index (κ1) is 21.9. The van der Waals surface area contributed by atoms with Gasteiger partial charge in [-0.05, 0) is 61.0 Å². The first-order valence-electron chi connectivity index (χ1n) is 9.34. The number of hydrogen-bond donors (Lipinski definition) is 0. The van der Waals surface area contributed by atoms with E-state index in [0.29, 0.717) is 22.8 Å². The van der Waals surface area contributed by atoms with Crippen molar-refractivity contribution in [2.24, 2.45) is 0 Å². The zero-order valence-corrected chi connectivity index (χ0v) is 18.6. The van der Waals surface area contributed by atoms with Crippen molar-refractivity contribution in [2.45, 2.75) is 18.4 Å². The van der Waals surface area contributed by atoms with E-state index in [-0.39, 0.29) is 10.8 Å². The van der Waals surface area contributed by atoms with Gasteiger partial charge >= 0.3 is 0 Å². The number of benzene rings is 3. The molecule has 0 aliphatic carbocycles. The highest BCUT2D eigenvalue weighted by Gasteiger charge is 2.21. The number of carbonyl (C=O) groups is 1. The molecule has 0 N–H and O–H groups in total. The smallest absolute Gasteiger partial charge is 0.264 e. The molecule has 0 radical (unpaired) electrons. The zero-order valence-electron chi connectivity index (χ0n) is 17.0. The predicted molar refractivity (Wildman–Crippen MR) is 120 cm³/mol. The summed E-state index contributed by atoms with van der Waals surface area (Å²) in [5.41, 5.74) is 3.15. The molecule has 5 nitrogen and oxygen atoms in total. The van der Waals surface area contributed by atoms with Crippen LogP contribution < -0.4 is 4.31 Å². The van der Waals surface area contributed by atoms with Gasteiger partial charge in [0, 0.05) is 31.2 Å². The van der Waals surface area contributed by atoms with Crippen LogP contribution in [-0.2, 0) is 16.6 Å². The summed E-state index contributed by atoms with van der Waals surface area (Å²) < 4.78 is 26.8. The Kier molecular flexibility index (Phi) is 6.48. The summed E-state index contributed by atoms with van der Waals surface area (Å²) in [6.07, 6.45) is 0. The molecular formula is C23H23ClN2O3S. The molecule has 0 spiro atoms. The molecule has 30 heavy (non-hydrogen) atoms. The molecule has 0 aliphatic rings. The molecule has 3 aromatic rings. The van der Waals surface area contributed by atoms with Crippen LogP contribution >= 0.6 is 11.6 Å². The number of hydrogen-bond acceptors (Lipinski definition) is 3. The minimum atomic E-state index is -3.72. The lowest BCUT2D eigenvalue weighted by atomic mass is 10.1. The van der Waals surface area contributed by atoms with Gasteiger partial charge in [0.1, 0.15) is 0 Å². The fourth-order valence-electron chi connectivity index (χ4n) is 3.09. The second kappa shape index (κ2) is 8.90. The fourth-order valence-corrected chi connectivity index (χ4v) is 4.42. The van der Waals surface area contributed by atoms with E-state index in [9.17, 15) is 13.2 Å². The van der Waals surface area contributed by atoms with Gasteiger partial charge in [-0.1, -0.05) is 41.4 Å². The molecule has 0 fully saturated rings. The summed E-state index contributed by atoms with van der Waals surface area (Å²) in [5, 5.41) is 0.467. The van der Waals surface area contributed by atoms with Gasteiger partial charge in [0.15, 0.2) is 0 Å². The van der Waals surface area contributed by atoms with Crippen LogP contribution in [0.3, 0.4) is 0 Å². The van der Waals surface area contributed by atoms with Gasteiger partial charge in [0.2, 0.25) is 0 Å². The van der Waals surface area contributed by atoms with Crippen LogP contribution in [0.2, 0.25) is 5.02 Å². The number of carbonyl (C=O) groups excluding carboxylic acids is 1. The van der Waals surface area contributed by atoms with E-state index in [0.717, 1.165) is 11.1 Å². The van der Waals surface area contributed by atoms with Gasteiger partial charge in [-0.15, -0.1) is 0 Å². The molecule has 3 aromatic carbocycles. The van der Waals surface area contributed by atoms with E-state index < -0.39 is 10.0 Å². The average Bonchev–Trinajstić information content (AvgIpc) is 2.73. The minimum absolute atomic E-state index is 0.133. The Hall–Kier alpha value is -2.83. The van der Waals surface area contributed by atoms with Crippen LogP contribution in [0.4, 0.5) is 5.69 Å². The summed E-state index contributed by atoms with van der Waals surface area (Å²) in [4.78, 5) is 14.5. The Bertz CT molecular complexity index is 1140. The van der Waals surface area contributed by atoms with E-state index in [2.05, 4.69) is 0 Å². The molecule has 1 amide bonds. The van der Waals surface area contributed by atoms with E-state index in [1.54, 1.807) is 36.2 Å². The van der Waals surface area contributed by atoms with E-state index >= 15 is 0 Å². The van der Waals surface area contributed by atoms with E-state index in [4.69, 9.17) is 11.6 Å². The van der Waals surface area contributed by atoms with Gasteiger partial charge in [-0.3, -0.25) is 9.10 Å². The number of nitrogens with zero attached hydrogens (tertiary/aromatic N) is 2. The van der Waals surface area contributed by atoms with Crippen LogP contribution in [-0.4, -0.2) is 33.3 Å². The zero-order chi connectivity index (χ0) is 21.9. The number of anilines is 1. The average molecular weight is 443 g/mol. The van der Waals surface area contributed by atoms with Crippen LogP contribution in [0.1, 0.15) is 21.5 Å². The second-order valence-corrected chi connectivity index (χ2v) is 9.53. The topological polar surface area (TPSA) is 57.7 Å². The lowest BCUT2D eigenvalue weighted by Crippen LogP contribution is -2.27. The second-order valence-electron chi connectivity index (χ2n) is 7.12. The first-order chi connectivity index (χ1) is 14.2. The number of aryl methyl sites for hydroxylation is 1. The molecule has 156 valence electrons.